The lowest BCUT2D eigenvalue weighted by Gasteiger charge is -2.22. The summed E-state index contributed by atoms with van der Waals surface area (Å²) in [7, 11) is -4.17. The maximum Gasteiger partial charge on any atom is 0.322 e. The highest BCUT2D eigenvalue weighted by Gasteiger charge is 2.40. The van der Waals surface area contributed by atoms with Crippen LogP contribution in [0.2, 0.25) is 10.0 Å². The summed E-state index contributed by atoms with van der Waals surface area (Å²) in [6.45, 7) is 1.85. The van der Waals surface area contributed by atoms with E-state index in [2.05, 4.69) is 9.97 Å². The minimum Gasteiger partial charge on any atom is -0.487 e. The molecule has 0 unspecified atom stereocenters. The Balaban J connectivity index is 1.50. The van der Waals surface area contributed by atoms with Gasteiger partial charge in [0.1, 0.15) is 28.8 Å². The summed E-state index contributed by atoms with van der Waals surface area (Å²) in [5.41, 5.74) is 2.54. The van der Waals surface area contributed by atoms with E-state index in [9.17, 15) is 18.3 Å². The number of carboxylic acids is 1. The maximum absolute atomic E-state index is 13.3. The van der Waals surface area contributed by atoms with Gasteiger partial charge in [-0.3, -0.25) is 4.79 Å². The van der Waals surface area contributed by atoms with Crippen LogP contribution in [0.15, 0.2) is 60.0 Å². The van der Waals surface area contributed by atoms with E-state index in [0.29, 0.717) is 17.7 Å². The number of hydrogen-bond acceptors (Lipinski definition) is 6. The molecule has 5 rings (SSSR count). The predicted molar refractivity (Wildman–Crippen MR) is 139 cm³/mol. The zero-order chi connectivity index (χ0) is 26.3. The van der Waals surface area contributed by atoms with Gasteiger partial charge in [0.25, 0.3) is 0 Å². The largest absolute Gasteiger partial charge is 0.487 e. The first kappa shape index (κ1) is 25.5. The molecule has 1 saturated heterocycles. The van der Waals surface area contributed by atoms with Crippen LogP contribution >= 0.6 is 23.2 Å². The van der Waals surface area contributed by atoms with E-state index in [-0.39, 0.29) is 40.1 Å². The summed E-state index contributed by atoms with van der Waals surface area (Å²) in [6, 6.07) is 9.04. The number of para-hydroxylation sites is 1. The number of fused-ring (bicyclic) bond motifs is 1. The number of hydrogen-bond donors (Lipinski definition) is 1. The molecule has 1 atom stereocenters. The Hall–Kier alpha value is -3.18. The van der Waals surface area contributed by atoms with Gasteiger partial charge in [-0.05, 0) is 44.0 Å². The van der Waals surface area contributed by atoms with Crippen LogP contribution < -0.4 is 4.74 Å². The highest BCUT2D eigenvalue weighted by molar-refractivity contribution is 7.89. The average molecular weight is 561 g/mol. The lowest BCUT2D eigenvalue weighted by atomic mass is 10.1. The standard InChI is InChI=1S/C25H22Cl2N4O5S/c1-15-12-20(30-11-9-28-14-30)16-4-2-6-21(24(16)29-15)36-13-17-18(26)7-8-22(23(17)27)37(34,35)31-10-3-5-19(31)25(32)33/h2,4,6-9,11-12,14,19H,3,5,10,13H2,1H3,(H,32,33)/t19-/m0/s1. The summed E-state index contributed by atoms with van der Waals surface area (Å²) in [5.74, 6) is -0.725. The second-order valence-corrected chi connectivity index (χ2v) is 11.3. The first-order valence-corrected chi connectivity index (χ1v) is 13.6. The maximum atomic E-state index is 13.3. The Morgan fingerprint density at radius 3 is 2.78 bits per heavy atom. The van der Waals surface area contributed by atoms with Gasteiger partial charge >= 0.3 is 5.97 Å². The van der Waals surface area contributed by atoms with Crippen molar-refractivity contribution in [2.24, 2.45) is 0 Å². The van der Waals surface area contributed by atoms with Crippen LogP contribution in [0.25, 0.3) is 16.6 Å². The fraction of sp³-hybridized carbons (Fsp3) is 0.240. The van der Waals surface area contributed by atoms with Gasteiger partial charge in [0.2, 0.25) is 10.0 Å². The first-order chi connectivity index (χ1) is 17.7. The summed E-state index contributed by atoms with van der Waals surface area (Å²) < 4.78 is 35.6. The van der Waals surface area contributed by atoms with Crippen LogP contribution in [0.5, 0.6) is 5.75 Å². The molecule has 1 aliphatic rings. The van der Waals surface area contributed by atoms with E-state index < -0.39 is 22.0 Å². The molecule has 1 aliphatic heterocycles. The Kier molecular flexibility index (Phi) is 6.84. The van der Waals surface area contributed by atoms with Gasteiger partial charge in [0.05, 0.1) is 17.0 Å². The number of rotatable bonds is 7. The Labute approximate surface area is 223 Å². The van der Waals surface area contributed by atoms with Crippen LogP contribution in [-0.2, 0) is 21.4 Å². The molecular formula is C25H22Cl2N4O5S. The quantitative estimate of drug-likeness (QED) is 0.343. The number of imidazole rings is 1. The molecule has 1 fully saturated rings. The van der Waals surface area contributed by atoms with Crippen molar-refractivity contribution in [1.29, 1.82) is 0 Å². The SMILES string of the molecule is Cc1cc(-n2ccnc2)c2cccc(OCc3c(Cl)ccc(S(=O)(=O)N4CCC[C@H]4C(=O)O)c3Cl)c2n1. The minimum atomic E-state index is -4.17. The number of nitrogens with zero attached hydrogens (tertiary/aromatic N) is 4. The van der Waals surface area contributed by atoms with Gasteiger partial charge in [-0.1, -0.05) is 35.3 Å². The number of pyridine rings is 1. The number of carbonyl (C=O) groups is 1. The molecule has 4 aromatic rings. The molecule has 9 nitrogen and oxygen atoms in total. The topological polar surface area (TPSA) is 115 Å². The van der Waals surface area contributed by atoms with Crippen molar-refractivity contribution in [3.05, 3.63) is 76.4 Å². The molecule has 2 aromatic heterocycles. The van der Waals surface area contributed by atoms with E-state index in [1.807, 2.05) is 35.9 Å². The molecule has 0 bridgehead atoms. The Bertz CT molecular complexity index is 1610. The number of carboxylic acid groups (broad SMARTS) is 1. The first-order valence-electron chi connectivity index (χ1n) is 11.4. The molecular weight excluding hydrogens is 539 g/mol. The fourth-order valence-electron chi connectivity index (χ4n) is 4.52. The van der Waals surface area contributed by atoms with Crippen LogP contribution in [0.1, 0.15) is 24.1 Å². The van der Waals surface area contributed by atoms with Crippen molar-refractivity contribution in [2.75, 3.05) is 6.54 Å². The molecule has 12 heteroatoms. The number of aliphatic carboxylic acids is 1. The molecule has 0 amide bonds. The van der Waals surface area contributed by atoms with Gasteiger partial charge in [-0.25, -0.2) is 18.4 Å². The van der Waals surface area contributed by atoms with Crippen LogP contribution in [-0.4, -0.2) is 50.9 Å². The van der Waals surface area contributed by atoms with Gasteiger partial charge < -0.3 is 14.4 Å². The van der Waals surface area contributed by atoms with Crippen LogP contribution in [0.3, 0.4) is 0 Å². The van der Waals surface area contributed by atoms with Crippen molar-refractivity contribution in [3.8, 4) is 11.4 Å². The third kappa shape index (κ3) is 4.66. The lowest BCUT2D eigenvalue weighted by Crippen LogP contribution is -2.40. The third-order valence-electron chi connectivity index (χ3n) is 6.29. The van der Waals surface area contributed by atoms with E-state index >= 15 is 0 Å². The van der Waals surface area contributed by atoms with Crippen LogP contribution in [0.4, 0.5) is 0 Å². The van der Waals surface area contributed by atoms with Gasteiger partial charge in [0.15, 0.2) is 0 Å². The van der Waals surface area contributed by atoms with Gasteiger partial charge in [-0.2, -0.15) is 4.31 Å². The van der Waals surface area contributed by atoms with Crippen molar-refractivity contribution < 1.29 is 23.1 Å². The molecule has 0 spiro atoms. The number of aromatic nitrogens is 3. The zero-order valence-corrected chi connectivity index (χ0v) is 22.0. The van der Waals surface area contributed by atoms with E-state index in [1.54, 1.807) is 18.6 Å². The van der Waals surface area contributed by atoms with E-state index in [4.69, 9.17) is 27.9 Å². The van der Waals surface area contributed by atoms with Crippen molar-refractivity contribution in [2.45, 2.75) is 37.3 Å². The number of benzene rings is 2. The smallest absolute Gasteiger partial charge is 0.322 e. The summed E-state index contributed by atoms with van der Waals surface area (Å²) in [6.07, 6.45) is 5.91. The highest BCUT2D eigenvalue weighted by atomic mass is 35.5. The number of halogens is 2. The molecule has 0 radical (unpaired) electrons. The molecule has 37 heavy (non-hydrogen) atoms. The number of ether oxygens (including phenoxy) is 1. The predicted octanol–water partition coefficient (Wildman–Crippen LogP) is 4.85. The summed E-state index contributed by atoms with van der Waals surface area (Å²) in [5, 5.41) is 10.4. The lowest BCUT2D eigenvalue weighted by molar-refractivity contribution is -0.140. The average Bonchev–Trinajstić information content (AvgIpc) is 3.56. The molecule has 192 valence electrons. The van der Waals surface area contributed by atoms with E-state index in [0.717, 1.165) is 21.1 Å². The Morgan fingerprint density at radius 1 is 1.24 bits per heavy atom. The summed E-state index contributed by atoms with van der Waals surface area (Å²) in [4.78, 5) is 20.2. The van der Waals surface area contributed by atoms with E-state index in [1.165, 1.54) is 12.1 Å². The van der Waals surface area contributed by atoms with Crippen molar-refractivity contribution >= 4 is 50.1 Å². The van der Waals surface area contributed by atoms with Gasteiger partial charge in [-0.15, -0.1) is 0 Å². The normalized spacial score (nSPS) is 16.4. The zero-order valence-electron chi connectivity index (χ0n) is 19.6. The van der Waals surface area contributed by atoms with Crippen molar-refractivity contribution in [3.63, 3.8) is 0 Å². The fourth-order valence-corrected chi connectivity index (χ4v) is 7.03. The number of aryl methyl sites for hydroxylation is 1. The molecule has 2 aromatic carbocycles. The second kappa shape index (κ2) is 9.94. The molecule has 0 saturated carbocycles. The van der Waals surface area contributed by atoms with Crippen molar-refractivity contribution in [1.82, 2.24) is 18.8 Å². The minimum absolute atomic E-state index is 0.102. The third-order valence-corrected chi connectivity index (χ3v) is 9.14. The molecule has 1 N–H and O–H groups in total. The molecule has 3 heterocycles. The van der Waals surface area contributed by atoms with Gasteiger partial charge in [0, 0.05) is 40.6 Å². The summed E-state index contributed by atoms with van der Waals surface area (Å²) >= 11 is 13.0. The molecule has 0 aliphatic carbocycles. The monoisotopic (exact) mass is 560 g/mol. The Morgan fingerprint density at radius 2 is 2.05 bits per heavy atom. The highest BCUT2D eigenvalue weighted by Crippen LogP contribution is 2.37. The number of sulfonamides is 1. The second-order valence-electron chi connectivity index (χ2n) is 8.64. The van der Waals surface area contributed by atoms with Crippen LogP contribution in [0, 0.1) is 6.92 Å².